The third-order valence-electron chi connectivity index (χ3n) is 4.39. The second kappa shape index (κ2) is 10.5. The van der Waals surface area contributed by atoms with Gasteiger partial charge in [-0.05, 0) is 83.1 Å². The van der Waals surface area contributed by atoms with Crippen LogP contribution in [0.3, 0.4) is 0 Å². The first kappa shape index (κ1) is 22.9. The number of nitrogens with one attached hydrogen (secondary N) is 1. The molecule has 5 nitrogen and oxygen atoms in total. The zero-order valence-corrected chi connectivity index (χ0v) is 20.5. The van der Waals surface area contributed by atoms with Gasteiger partial charge in [-0.1, -0.05) is 46.3 Å². The maximum absolute atomic E-state index is 13.2. The molecule has 30 heavy (non-hydrogen) atoms. The minimum atomic E-state index is -3.83. The van der Waals surface area contributed by atoms with Crippen LogP contribution in [-0.2, 0) is 21.2 Å². The van der Waals surface area contributed by atoms with Gasteiger partial charge in [0.1, 0.15) is 0 Å². The Morgan fingerprint density at radius 2 is 1.57 bits per heavy atom. The van der Waals surface area contributed by atoms with Gasteiger partial charge in [0.2, 0.25) is 15.9 Å². The lowest BCUT2D eigenvalue weighted by atomic mass is 10.1. The summed E-state index contributed by atoms with van der Waals surface area (Å²) in [5, 5.41) is 2.77. The summed E-state index contributed by atoms with van der Waals surface area (Å²) in [6, 6.07) is 23.4. The van der Waals surface area contributed by atoms with Crippen LogP contribution in [0, 0.1) is 3.57 Å². The van der Waals surface area contributed by atoms with Gasteiger partial charge in [-0.25, -0.2) is 8.42 Å². The Bertz CT molecular complexity index is 1090. The number of halogens is 2. The van der Waals surface area contributed by atoms with E-state index >= 15 is 0 Å². The average molecular weight is 599 g/mol. The second-order valence-corrected chi connectivity index (χ2v) is 10.7. The van der Waals surface area contributed by atoms with Crippen molar-refractivity contribution in [2.75, 3.05) is 18.4 Å². The summed E-state index contributed by atoms with van der Waals surface area (Å²) in [4.78, 5) is 12.8. The molecule has 0 heterocycles. The van der Waals surface area contributed by atoms with Crippen LogP contribution in [0.5, 0.6) is 0 Å². The van der Waals surface area contributed by atoms with Gasteiger partial charge in [-0.2, -0.15) is 4.31 Å². The minimum absolute atomic E-state index is 0.154. The Labute approximate surface area is 198 Å². The molecule has 0 aliphatic carbocycles. The van der Waals surface area contributed by atoms with E-state index in [0.29, 0.717) is 12.1 Å². The van der Waals surface area contributed by atoms with E-state index in [2.05, 4.69) is 43.8 Å². The van der Waals surface area contributed by atoms with Crippen LogP contribution < -0.4 is 5.32 Å². The highest BCUT2D eigenvalue weighted by molar-refractivity contribution is 14.1. The summed E-state index contributed by atoms with van der Waals surface area (Å²) in [6.45, 7) is -0.0697. The highest BCUT2D eigenvalue weighted by Gasteiger charge is 2.26. The number of anilines is 1. The second-order valence-electron chi connectivity index (χ2n) is 6.58. The van der Waals surface area contributed by atoms with E-state index in [9.17, 15) is 13.2 Å². The van der Waals surface area contributed by atoms with Crippen LogP contribution in [0.2, 0.25) is 0 Å². The largest absolute Gasteiger partial charge is 0.325 e. The topological polar surface area (TPSA) is 66.5 Å². The van der Waals surface area contributed by atoms with Crippen molar-refractivity contribution in [3.63, 3.8) is 0 Å². The number of rotatable bonds is 8. The molecule has 3 aromatic rings. The molecular formula is C22H20BrIN2O3S. The SMILES string of the molecule is O=C(CN(CCc1ccccc1)S(=O)(=O)c1ccc(Br)cc1)Nc1ccc(I)cc1. The molecule has 0 saturated heterocycles. The third kappa shape index (κ3) is 6.37. The molecule has 0 unspecified atom stereocenters. The monoisotopic (exact) mass is 598 g/mol. The fourth-order valence-electron chi connectivity index (χ4n) is 2.83. The highest BCUT2D eigenvalue weighted by atomic mass is 127. The standard InChI is InChI=1S/C22H20BrIN2O3S/c23-18-6-12-21(13-7-18)30(28,29)26(15-14-17-4-2-1-3-5-17)16-22(27)25-20-10-8-19(24)9-11-20/h1-13H,14-16H2,(H,25,27). The predicted molar refractivity (Wildman–Crippen MR) is 131 cm³/mol. The van der Waals surface area contributed by atoms with Crippen molar-refractivity contribution in [1.29, 1.82) is 0 Å². The Balaban J connectivity index is 1.79. The number of benzene rings is 3. The van der Waals surface area contributed by atoms with Crippen LogP contribution in [0.1, 0.15) is 5.56 Å². The van der Waals surface area contributed by atoms with Crippen molar-refractivity contribution < 1.29 is 13.2 Å². The van der Waals surface area contributed by atoms with Gasteiger partial charge in [0.05, 0.1) is 11.4 Å². The third-order valence-corrected chi connectivity index (χ3v) is 7.50. The van der Waals surface area contributed by atoms with E-state index in [-0.39, 0.29) is 23.9 Å². The van der Waals surface area contributed by atoms with E-state index in [1.807, 2.05) is 42.5 Å². The van der Waals surface area contributed by atoms with Gasteiger partial charge in [0.25, 0.3) is 0 Å². The number of carbonyl (C=O) groups is 1. The number of hydrogen-bond acceptors (Lipinski definition) is 3. The molecular weight excluding hydrogens is 579 g/mol. The van der Waals surface area contributed by atoms with E-state index in [4.69, 9.17) is 0 Å². The minimum Gasteiger partial charge on any atom is -0.325 e. The summed E-state index contributed by atoms with van der Waals surface area (Å²) in [5.74, 6) is -0.384. The van der Waals surface area contributed by atoms with Gasteiger partial charge >= 0.3 is 0 Å². The molecule has 8 heteroatoms. The van der Waals surface area contributed by atoms with Crippen molar-refractivity contribution in [3.8, 4) is 0 Å². The van der Waals surface area contributed by atoms with E-state index in [1.54, 1.807) is 24.3 Å². The van der Waals surface area contributed by atoms with Crippen LogP contribution in [-0.4, -0.2) is 31.7 Å². The molecule has 0 atom stereocenters. The normalized spacial score (nSPS) is 11.4. The van der Waals surface area contributed by atoms with Crippen LogP contribution in [0.15, 0.2) is 88.2 Å². The van der Waals surface area contributed by atoms with Crippen LogP contribution in [0.25, 0.3) is 0 Å². The molecule has 156 valence electrons. The van der Waals surface area contributed by atoms with Crippen molar-refractivity contribution >= 4 is 60.1 Å². The first-order valence-corrected chi connectivity index (χ1v) is 12.5. The first-order chi connectivity index (χ1) is 14.3. The summed E-state index contributed by atoms with van der Waals surface area (Å²) >= 11 is 5.50. The number of amides is 1. The smallest absolute Gasteiger partial charge is 0.243 e. The number of nitrogens with zero attached hydrogens (tertiary/aromatic N) is 1. The Morgan fingerprint density at radius 1 is 0.933 bits per heavy atom. The van der Waals surface area contributed by atoms with Crippen molar-refractivity contribution in [1.82, 2.24) is 4.31 Å². The molecule has 0 fully saturated rings. The van der Waals surface area contributed by atoms with Gasteiger partial charge in [0.15, 0.2) is 0 Å². The number of carbonyl (C=O) groups excluding carboxylic acids is 1. The lowest BCUT2D eigenvalue weighted by Crippen LogP contribution is -2.39. The van der Waals surface area contributed by atoms with Gasteiger partial charge < -0.3 is 5.32 Å². The summed E-state index contributed by atoms with van der Waals surface area (Å²) < 4.78 is 29.5. The predicted octanol–water partition coefficient (Wildman–Crippen LogP) is 4.93. The van der Waals surface area contributed by atoms with Crippen LogP contribution >= 0.6 is 38.5 Å². The quantitative estimate of drug-likeness (QED) is 0.374. The zero-order valence-electron chi connectivity index (χ0n) is 16.0. The Morgan fingerprint density at radius 3 is 2.20 bits per heavy atom. The Hall–Kier alpha value is -1.75. The zero-order chi connectivity index (χ0) is 21.6. The molecule has 3 rings (SSSR count). The van der Waals surface area contributed by atoms with Gasteiger partial charge in [-0.15, -0.1) is 0 Å². The van der Waals surface area contributed by atoms with Crippen molar-refractivity contribution in [2.45, 2.75) is 11.3 Å². The summed E-state index contributed by atoms with van der Waals surface area (Å²) in [5.41, 5.74) is 1.64. The number of sulfonamides is 1. The molecule has 0 aromatic heterocycles. The van der Waals surface area contributed by atoms with E-state index in [1.165, 1.54) is 16.4 Å². The molecule has 0 spiro atoms. The fraction of sp³-hybridized carbons (Fsp3) is 0.136. The molecule has 1 amide bonds. The van der Waals surface area contributed by atoms with Crippen molar-refractivity contribution in [3.05, 3.63) is 92.5 Å². The lowest BCUT2D eigenvalue weighted by Gasteiger charge is -2.22. The molecule has 0 bridgehead atoms. The maximum Gasteiger partial charge on any atom is 0.243 e. The highest BCUT2D eigenvalue weighted by Crippen LogP contribution is 2.20. The van der Waals surface area contributed by atoms with Crippen LogP contribution in [0.4, 0.5) is 5.69 Å². The van der Waals surface area contributed by atoms with Crippen molar-refractivity contribution in [2.24, 2.45) is 0 Å². The molecule has 1 N–H and O–H groups in total. The fourth-order valence-corrected chi connectivity index (χ4v) is 4.85. The molecule has 0 saturated carbocycles. The van der Waals surface area contributed by atoms with Gasteiger partial charge in [0, 0.05) is 20.3 Å². The molecule has 0 radical (unpaired) electrons. The maximum atomic E-state index is 13.2. The molecule has 0 aliphatic rings. The average Bonchev–Trinajstić information content (AvgIpc) is 2.73. The Kier molecular flexibility index (Phi) is 8.04. The first-order valence-electron chi connectivity index (χ1n) is 9.20. The molecule has 3 aromatic carbocycles. The van der Waals surface area contributed by atoms with E-state index in [0.717, 1.165) is 13.6 Å². The number of hydrogen-bond donors (Lipinski definition) is 1. The van der Waals surface area contributed by atoms with E-state index < -0.39 is 10.0 Å². The summed E-state index contributed by atoms with van der Waals surface area (Å²) in [6.07, 6.45) is 0.507. The van der Waals surface area contributed by atoms with Gasteiger partial charge in [-0.3, -0.25) is 4.79 Å². The molecule has 0 aliphatic heterocycles. The summed E-state index contributed by atoms with van der Waals surface area (Å²) in [7, 11) is -3.83. The lowest BCUT2D eigenvalue weighted by molar-refractivity contribution is -0.116.